The Morgan fingerprint density at radius 2 is 1.93 bits per heavy atom. The van der Waals surface area contributed by atoms with Gasteiger partial charge in [-0.15, -0.1) is 11.3 Å². The first kappa shape index (κ1) is 30.7. The highest BCUT2D eigenvalue weighted by Crippen LogP contribution is 2.32. The van der Waals surface area contributed by atoms with Gasteiger partial charge in [0.05, 0.1) is 21.6 Å². The van der Waals surface area contributed by atoms with Gasteiger partial charge in [0.15, 0.2) is 0 Å². The van der Waals surface area contributed by atoms with E-state index in [0.717, 1.165) is 33.3 Å². The number of amides is 1. The fourth-order valence-electron chi connectivity index (χ4n) is 4.49. The molecule has 2 atom stereocenters. The molecule has 0 aliphatic carbocycles. The van der Waals surface area contributed by atoms with E-state index in [1.807, 2.05) is 13.0 Å². The van der Waals surface area contributed by atoms with Crippen molar-refractivity contribution in [3.8, 4) is 11.3 Å². The number of aromatic nitrogens is 2. The second-order valence-electron chi connectivity index (χ2n) is 9.70. The summed E-state index contributed by atoms with van der Waals surface area (Å²) in [5, 5.41) is 6.07. The second-order valence-corrected chi connectivity index (χ2v) is 13.5. The lowest BCUT2D eigenvalue weighted by atomic mass is 10.1. The van der Waals surface area contributed by atoms with Gasteiger partial charge in [-0.3, -0.25) is 9.78 Å². The molecule has 3 aromatic heterocycles. The van der Waals surface area contributed by atoms with Crippen molar-refractivity contribution in [2.45, 2.75) is 35.9 Å². The van der Waals surface area contributed by atoms with Crippen molar-refractivity contribution in [1.82, 2.24) is 19.6 Å². The van der Waals surface area contributed by atoms with Crippen LogP contribution in [0.5, 0.6) is 0 Å². The number of alkyl halides is 3. The largest absolute Gasteiger partial charge is 0.416 e. The Morgan fingerprint density at radius 3 is 2.58 bits per heavy atom. The highest BCUT2D eigenvalue weighted by atomic mass is 35.5. The summed E-state index contributed by atoms with van der Waals surface area (Å²) >= 11 is 6.84. The monoisotopic (exact) mass is 647 g/mol. The standard InChI is InChI=1S/C29H25ClF3N5O3S2/c1-18(21-4-2-12-34-17-21)36-26-15-19(14-23(37-26)20-6-8-22(9-7-20)29(31,32)33)16-35-28(39)24-5-3-13-38(24)43(40,41)27-11-10-25(30)42-27/h2-12,14-15,17-18,24H,13,16H2,1H3,(H,35,39)(H,36,37)/t18?,24-/m0/s1. The van der Waals surface area contributed by atoms with E-state index in [1.54, 1.807) is 36.7 Å². The minimum absolute atomic E-state index is 0.00794. The van der Waals surface area contributed by atoms with Crippen molar-refractivity contribution in [3.05, 3.63) is 106 Å². The van der Waals surface area contributed by atoms with Gasteiger partial charge in [-0.2, -0.15) is 17.5 Å². The first-order valence-corrected chi connectivity index (χ1v) is 15.6. The van der Waals surface area contributed by atoms with E-state index in [1.165, 1.54) is 30.3 Å². The number of nitrogens with zero attached hydrogens (tertiary/aromatic N) is 3. The molecule has 0 fully saturated rings. The molecule has 224 valence electrons. The summed E-state index contributed by atoms with van der Waals surface area (Å²) in [5.41, 5.74) is 1.54. The SMILES string of the molecule is CC(Nc1cc(CNC(=O)[C@@H]2C=CCN2S(=O)(=O)c2ccc(Cl)s2)cc(-c2ccc(C(F)(F)F)cc2)n1)c1cccnc1. The average Bonchev–Trinajstić information content (AvgIpc) is 3.66. The highest BCUT2D eigenvalue weighted by molar-refractivity contribution is 7.91. The maximum atomic E-state index is 13.2. The van der Waals surface area contributed by atoms with Crippen molar-refractivity contribution >= 4 is 44.7 Å². The van der Waals surface area contributed by atoms with Gasteiger partial charge in [0.1, 0.15) is 16.1 Å². The molecule has 0 saturated carbocycles. The van der Waals surface area contributed by atoms with Crippen LogP contribution in [0.2, 0.25) is 4.34 Å². The van der Waals surface area contributed by atoms with Crippen molar-refractivity contribution in [2.75, 3.05) is 11.9 Å². The molecule has 2 N–H and O–H groups in total. The van der Waals surface area contributed by atoms with Crippen LogP contribution in [0.15, 0.2) is 89.4 Å². The summed E-state index contributed by atoms with van der Waals surface area (Å²) in [6.45, 7) is 1.95. The molecule has 1 amide bonds. The fraction of sp³-hybridized carbons (Fsp3) is 0.207. The predicted octanol–water partition coefficient (Wildman–Crippen LogP) is 6.30. The Hall–Kier alpha value is -3.78. The van der Waals surface area contributed by atoms with Crippen LogP contribution < -0.4 is 10.6 Å². The molecule has 4 aromatic rings. The number of hydrogen-bond donors (Lipinski definition) is 2. The summed E-state index contributed by atoms with van der Waals surface area (Å²) in [5.74, 6) is -0.108. The zero-order valence-electron chi connectivity index (χ0n) is 22.5. The third kappa shape index (κ3) is 7.07. The van der Waals surface area contributed by atoms with Crippen LogP contribution >= 0.6 is 22.9 Å². The Kier molecular flexibility index (Phi) is 8.88. The summed E-state index contributed by atoms with van der Waals surface area (Å²) in [7, 11) is -3.96. The van der Waals surface area contributed by atoms with E-state index in [4.69, 9.17) is 11.6 Å². The minimum atomic E-state index is -4.48. The van der Waals surface area contributed by atoms with Gasteiger partial charge in [0.2, 0.25) is 5.91 Å². The summed E-state index contributed by atoms with van der Waals surface area (Å²) in [4.78, 5) is 22.0. The Balaban J connectivity index is 1.38. The Labute approximate surface area is 255 Å². The van der Waals surface area contributed by atoms with E-state index in [0.29, 0.717) is 27.0 Å². The van der Waals surface area contributed by atoms with Gasteiger partial charge < -0.3 is 10.6 Å². The number of benzene rings is 1. The van der Waals surface area contributed by atoms with Crippen LogP contribution in [0.3, 0.4) is 0 Å². The molecule has 0 radical (unpaired) electrons. The smallest absolute Gasteiger partial charge is 0.363 e. The van der Waals surface area contributed by atoms with Crippen LogP contribution in [0.4, 0.5) is 19.0 Å². The lowest BCUT2D eigenvalue weighted by Gasteiger charge is -2.22. The average molecular weight is 648 g/mol. The predicted molar refractivity (Wildman–Crippen MR) is 159 cm³/mol. The van der Waals surface area contributed by atoms with E-state index in [-0.39, 0.29) is 23.3 Å². The summed E-state index contributed by atoms with van der Waals surface area (Å²) in [6.07, 6.45) is 2.01. The van der Waals surface area contributed by atoms with E-state index in [9.17, 15) is 26.4 Å². The molecule has 43 heavy (non-hydrogen) atoms. The number of rotatable bonds is 9. The molecule has 4 heterocycles. The van der Waals surface area contributed by atoms with E-state index < -0.39 is 33.7 Å². The fourth-order valence-corrected chi connectivity index (χ4v) is 7.60. The maximum absolute atomic E-state index is 13.2. The Morgan fingerprint density at radius 1 is 1.16 bits per heavy atom. The number of carbonyl (C=O) groups is 1. The van der Waals surface area contributed by atoms with Gasteiger partial charge in [-0.05, 0) is 60.5 Å². The maximum Gasteiger partial charge on any atom is 0.416 e. The number of thiophene rings is 1. The molecular weight excluding hydrogens is 623 g/mol. The second kappa shape index (κ2) is 12.4. The quantitative estimate of drug-likeness (QED) is 0.207. The zero-order valence-corrected chi connectivity index (χ0v) is 24.9. The molecule has 0 bridgehead atoms. The number of anilines is 1. The topological polar surface area (TPSA) is 104 Å². The number of carbonyl (C=O) groups excluding carboxylic acids is 1. The van der Waals surface area contributed by atoms with Gasteiger partial charge in [0.25, 0.3) is 10.0 Å². The normalized spacial score (nSPS) is 16.3. The summed E-state index contributed by atoms with van der Waals surface area (Å²) < 4.78 is 67.2. The molecule has 1 aliphatic rings. The Bertz CT molecular complexity index is 1750. The minimum Gasteiger partial charge on any atom is -0.363 e. The lowest BCUT2D eigenvalue weighted by Crippen LogP contribution is -2.45. The zero-order chi connectivity index (χ0) is 30.8. The molecule has 1 aromatic carbocycles. The third-order valence-corrected chi connectivity index (χ3v) is 10.2. The summed E-state index contributed by atoms with van der Waals surface area (Å²) in [6, 6.07) is 13.3. The van der Waals surface area contributed by atoms with Gasteiger partial charge in [-0.25, -0.2) is 13.4 Å². The number of sulfonamides is 1. The molecule has 1 unspecified atom stereocenters. The van der Waals surface area contributed by atoms with Gasteiger partial charge >= 0.3 is 6.18 Å². The first-order chi connectivity index (χ1) is 20.4. The van der Waals surface area contributed by atoms with Gasteiger partial charge in [-0.1, -0.05) is 42.0 Å². The van der Waals surface area contributed by atoms with Crippen LogP contribution in [0, 0.1) is 0 Å². The number of pyridine rings is 2. The first-order valence-electron chi connectivity index (χ1n) is 13.0. The van der Waals surface area contributed by atoms with Crippen molar-refractivity contribution in [2.24, 2.45) is 0 Å². The van der Waals surface area contributed by atoms with E-state index >= 15 is 0 Å². The number of hydrogen-bond acceptors (Lipinski definition) is 7. The highest BCUT2D eigenvalue weighted by Gasteiger charge is 2.37. The van der Waals surface area contributed by atoms with E-state index in [2.05, 4.69) is 20.6 Å². The third-order valence-electron chi connectivity index (χ3n) is 6.70. The lowest BCUT2D eigenvalue weighted by molar-refractivity contribution is -0.137. The molecule has 8 nitrogen and oxygen atoms in total. The number of nitrogens with one attached hydrogen (secondary N) is 2. The van der Waals surface area contributed by atoms with Crippen LogP contribution in [-0.4, -0.2) is 41.2 Å². The molecule has 14 heteroatoms. The van der Waals surface area contributed by atoms with Crippen molar-refractivity contribution in [1.29, 1.82) is 0 Å². The number of halogens is 4. The molecular formula is C29H25ClF3N5O3S2. The van der Waals surface area contributed by atoms with Crippen LogP contribution in [-0.2, 0) is 27.5 Å². The van der Waals surface area contributed by atoms with Crippen LogP contribution in [0.1, 0.15) is 29.7 Å². The molecule has 5 rings (SSSR count). The molecule has 0 saturated heterocycles. The van der Waals surface area contributed by atoms with Gasteiger partial charge in [0, 0.05) is 31.0 Å². The van der Waals surface area contributed by atoms with Crippen molar-refractivity contribution in [3.63, 3.8) is 0 Å². The molecule has 1 aliphatic heterocycles. The van der Waals surface area contributed by atoms with Crippen molar-refractivity contribution < 1.29 is 26.4 Å². The van der Waals surface area contributed by atoms with Crippen LogP contribution in [0.25, 0.3) is 11.3 Å². The molecule has 0 spiro atoms.